The number of rotatable bonds is 5. The highest BCUT2D eigenvalue weighted by atomic mass is 35.5. The van der Waals surface area contributed by atoms with Gasteiger partial charge in [0.1, 0.15) is 16.8 Å². The van der Waals surface area contributed by atoms with Gasteiger partial charge in [-0.2, -0.15) is 13.8 Å². The van der Waals surface area contributed by atoms with Gasteiger partial charge in [-0.05, 0) is 36.6 Å². The summed E-state index contributed by atoms with van der Waals surface area (Å²) >= 11 is 12.6. The van der Waals surface area contributed by atoms with Gasteiger partial charge < -0.3 is 15.5 Å². The second kappa shape index (κ2) is 7.85. The summed E-state index contributed by atoms with van der Waals surface area (Å²) in [5, 5.41) is 3.08. The average Bonchev–Trinajstić information content (AvgIpc) is 3.27. The molecule has 0 radical (unpaired) electrons. The van der Waals surface area contributed by atoms with Crippen LogP contribution < -0.4 is 11.1 Å². The Hall–Kier alpha value is -1.90. The van der Waals surface area contributed by atoms with Gasteiger partial charge in [0.15, 0.2) is 5.82 Å². The Morgan fingerprint density at radius 3 is 2.75 bits per heavy atom. The standard InChI is InChI=1S/C18H19Cl2F2N5O/c19-12-13-15(16(26-17(20)25-13)24-8-9-4-3-7-28-9)27(18(21)22)14(12)10-5-1-2-6-11(10)23/h3-4,7,10-11,18H,1-2,5-6,8,23H2,(H,24,25,26)/t10-,11-/m1/s1. The normalized spacial score (nSPS) is 20.2. The second-order valence-corrected chi connectivity index (χ2v) is 7.59. The second-order valence-electron chi connectivity index (χ2n) is 6.87. The van der Waals surface area contributed by atoms with Crippen LogP contribution >= 0.6 is 23.2 Å². The summed E-state index contributed by atoms with van der Waals surface area (Å²) in [7, 11) is 0. The maximum atomic E-state index is 14.2. The molecule has 150 valence electrons. The summed E-state index contributed by atoms with van der Waals surface area (Å²) in [6, 6.07) is 3.26. The molecule has 1 aliphatic carbocycles. The summed E-state index contributed by atoms with van der Waals surface area (Å²) < 4.78 is 34.5. The first-order valence-electron chi connectivity index (χ1n) is 9.04. The number of alkyl halides is 2. The van der Waals surface area contributed by atoms with E-state index in [0.29, 0.717) is 17.9 Å². The fraction of sp³-hybridized carbons (Fsp3) is 0.444. The smallest absolute Gasteiger partial charge is 0.319 e. The van der Waals surface area contributed by atoms with E-state index in [9.17, 15) is 8.78 Å². The zero-order chi connectivity index (χ0) is 19.8. The van der Waals surface area contributed by atoms with Crippen molar-refractivity contribution < 1.29 is 13.2 Å². The molecule has 28 heavy (non-hydrogen) atoms. The van der Waals surface area contributed by atoms with Crippen molar-refractivity contribution in [2.24, 2.45) is 5.73 Å². The van der Waals surface area contributed by atoms with Crippen LogP contribution in [0.4, 0.5) is 14.6 Å². The van der Waals surface area contributed by atoms with Crippen LogP contribution in [0, 0.1) is 0 Å². The van der Waals surface area contributed by atoms with Gasteiger partial charge >= 0.3 is 6.55 Å². The fourth-order valence-corrected chi connectivity index (χ4v) is 4.44. The predicted molar refractivity (Wildman–Crippen MR) is 104 cm³/mol. The van der Waals surface area contributed by atoms with Crippen molar-refractivity contribution in [2.75, 3.05) is 5.32 Å². The van der Waals surface area contributed by atoms with Crippen LogP contribution in [-0.2, 0) is 6.54 Å². The zero-order valence-electron chi connectivity index (χ0n) is 14.8. The van der Waals surface area contributed by atoms with Crippen molar-refractivity contribution in [3.05, 3.63) is 40.2 Å². The lowest BCUT2D eigenvalue weighted by Gasteiger charge is -2.30. The molecule has 0 unspecified atom stereocenters. The molecule has 1 saturated carbocycles. The van der Waals surface area contributed by atoms with E-state index in [1.807, 2.05) is 0 Å². The van der Waals surface area contributed by atoms with E-state index < -0.39 is 6.55 Å². The Labute approximate surface area is 170 Å². The third-order valence-corrected chi connectivity index (χ3v) is 5.71. The third kappa shape index (κ3) is 3.44. The largest absolute Gasteiger partial charge is 0.467 e. The topological polar surface area (TPSA) is 81.9 Å². The van der Waals surface area contributed by atoms with Gasteiger partial charge in [0.05, 0.1) is 17.8 Å². The molecule has 0 bridgehead atoms. The molecule has 0 amide bonds. The summed E-state index contributed by atoms with van der Waals surface area (Å²) in [6.07, 6.45) is 4.88. The van der Waals surface area contributed by atoms with Crippen molar-refractivity contribution in [3.63, 3.8) is 0 Å². The summed E-state index contributed by atoms with van der Waals surface area (Å²) in [6.45, 7) is -2.58. The van der Waals surface area contributed by atoms with Gasteiger partial charge in [0.2, 0.25) is 5.28 Å². The number of nitrogens with two attached hydrogens (primary N) is 1. The van der Waals surface area contributed by atoms with E-state index in [2.05, 4.69) is 15.3 Å². The number of hydrogen-bond acceptors (Lipinski definition) is 5. The van der Waals surface area contributed by atoms with E-state index in [1.54, 1.807) is 12.1 Å². The van der Waals surface area contributed by atoms with E-state index in [-0.39, 0.29) is 45.7 Å². The van der Waals surface area contributed by atoms with Gasteiger partial charge in [-0.25, -0.2) is 4.98 Å². The molecular formula is C18H19Cl2F2N5O. The number of hydrogen-bond donors (Lipinski definition) is 2. The lowest BCUT2D eigenvalue weighted by molar-refractivity contribution is 0.0700. The number of nitrogens with zero attached hydrogens (tertiary/aromatic N) is 3. The van der Waals surface area contributed by atoms with Gasteiger partial charge in [0.25, 0.3) is 0 Å². The Morgan fingerprint density at radius 1 is 1.29 bits per heavy atom. The Bertz CT molecular complexity index is 976. The quantitative estimate of drug-likeness (QED) is 0.536. The molecular weight excluding hydrogens is 411 g/mol. The van der Waals surface area contributed by atoms with E-state index in [0.717, 1.165) is 23.8 Å². The molecule has 0 aliphatic heterocycles. The monoisotopic (exact) mass is 429 g/mol. The van der Waals surface area contributed by atoms with Gasteiger partial charge in [-0.1, -0.05) is 24.4 Å². The Balaban J connectivity index is 1.87. The van der Waals surface area contributed by atoms with Gasteiger partial charge in [-0.3, -0.25) is 4.57 Å². The molecule has 0 aromatic carbocycles. The van der Waals surface area contributed by atoms with Crippen LogP contribution in [-0.4, -0.2) is 20.6 Å². The molecule has 3 aromatic heterocycles. The number of furan rings is 1. The van der Waals surface area contributed by atoms with Crippen molar-refractivity contribution in [1.29, 1.82) is 0 Å². The minimum absolute atomic E-state index is 0.0812. The van der Waals surface area contributed by atoms with Crippen LogP contribution in [0.15, 0.2) is 22.8 Å². The van der Waals surface area contributed by atoms with Gasteiger partial charge in [-0.15, -0.1) is 0 Å². The molecule has 0 spiro atoms. The number of fused-ring (bicyclic) bond motifs is 1. The summed E-state index contributed by atoms with van der Waals surface area (Å²) in [4.78, 5) is 8.25. The summed E-state index contributed by atoms with van der Waals surface area (Å²) in [5.74, 6) is 0.518. The molecule has 2 atom stereocenters. The molecule has 10 heteroatoms. The summed E-state index contributed by atoms with van der Waals surface area (Å²) in [5.41, 5.74) is 6.86. The molecule has 6 nitrogen and oxygen atoms in total. The lowest BCUT2D eigenvalue weighted by Crippen LogP contribution is -2.33. The highest BCUT2D eigenvalue weighted by Crippen LogP contribution is 2.44. The first-order valence-corrected chi connectivity index (χ1v) is 9.79. The minimum atomic E-state index is -2.83. The molecule has 3 aromatic rings. The van der Waals surface area contributed by atoms with E-state index in [1.165, 1.54) is 6.26 Å². The van der Waals surface area contributed by atoms with E-state index in [4.69, 9.17) is 33.4 Å². The van der Waals surface area contributed by atoms with Crippen molar-refractivity contribution in [1.82, 2.24) is 14.5 Å². The first-order chi connectivity index (χ1) is 13.5. The molecule has 0 saturated heterocycles. The van der Waals surface area contributed by atoms with Crippen LogP contribution in [0.25, 0.3) is 11.0 Å². The van der Waals surface area contributed by atoms with Crippen molar-refractivity contribution in [2.45, 2.75) is 50.7 Å². The lowest BCUT2D eigenvalue weighted by atomic mass is 9.83. The maximum Gasteiger partial charge on any atom is 0.319 e. The van der Waals surface area contributed by atoms with Gasteiger partial charge in [0, 0.05) is 17.7 Å². The number of anilines is 1. The molecule has 3 heterocycles. The average molecular weight is 430 g/mol. The Kier molecular flexibility index (Phi) is 5.44. The van der Waals surface area contributed by atoms with Crippen LogP contribution in [0.2, 0.25) is 10.3 Å². The minimum Gasteiger partial charge on any atom is -0.467 e. The van der Waals surface area contributed by atoms with Crippen LogP contribution in [0.5, 0.6) is 0 Å². The maximum absolute atomic E-state index is 14.2. The SMILES string of the molecule is N[C@@H]1CCCC[C@H]1c1c(Cl)c2nc(Cl)nc(NCc3ccco3)c2n1C(F)F. The number of nitrogens with one attached hydrogen (secondary N) is 1. The van der Waals surface area contributed by atoms with Crippen LogP contribution in [0.3, 0.4) is 0 Å². The highest BCUT2D eigenvalue weighted by molar-refractivity contribution is 6.37. The van der Waals surface area contributed by atoms with E-state index >= 15 is 0 Å². The highest BCUT2D eigenvalue weighted by Gasteiger charge is 2.34. The Morgan fingerprint density at radius 2 is 2.07 bits per heavy atom. The fourth-order valence-electron chi connectivity index (χ4n) is 3.91. The predicted octanol–water partition coefficient (Wildman–Crippen LogP) is 5.32. The first kappa shape index (κ1) is 19.4. The van der Waals surface area contributed by atoms with Crippen molar-refractivity contribution in [3.8, 4) is 0 Å². The number of aromatic nitrogens is 3. The number of halogens is 4. The molecule has 1 fully saturated rings. The molecule has 4 rings (SSSR count). The van der Waals surface area contributed by atoms with Crippen LogP contribution in [0.1, 0.15) is 49.6 Å². The molecule has 3 N–H and O–H groups in total. The van der Waals surface area contributed by atoms with Crippen molar-refractivity contribution >= 4 is 40.1 Å². The zero-order valence-corrected chi connectivity index (χ0v) is 16.4. The third-order valence-electron chi connectivity index (χ3n) is 5.17. The molecule has 1 aliphatic rings.